The van der Waals surface area contributed by atoms with Crippen LogP contribution in [0.4, 0.5) is 32.0 Å². The lowest BCUT2D eigenvalue weighted by Gasteiger charge is -2.29. The van der Waals surface area contributed by atoms with E-state index in [2.05, 4.69) is 4.85 Å². The minimum Gasteiger partial charge on any atom is -0.382 e. The van der Waals surface area contributed by atoms with Crippen molar-refractivity contribution in [2.24, 2.45) is 0 Å². The van der Waals surface area contributed by atoms with Crippen LogP contribution < -0.4 is 0 Å². The van der Waals surface area contributed by atoms with Crippen LogP contribution in [0.5, 0.6) is 0 Å². The fourth-order valence-corrected chi connectivity index (χ4v) is 2.96. The summed E-state index contributed by atoms with van der Waals surface area (Å²) >= 11 is 0. The zero-order valence-electron chi connectivity index (χ0n) is 12.4. The average Bonchev–Trinajstić information content (AvgIpc) is 2.91. The Bertz CT molecular complexity index is 878. The Hall–Kier alpha value is -2.47. The van der Waals surface area contributed by atoms with Crippen molar-refractivity contribution in [1.82, 2.24) is 4.57 Å². The van der Waals surface area contributed by atoms with Crippen molar-refractivity contribution < 1.29 is 31.4 Å². The molecule has 1 heterocycles. The normalized spacial score (nSPS) is 19.4. The minimum absolute atomic E-state index is 0.0510. The van der Waals surface area contributed by atoms with Gasteiger partial charge in [0.05, 0.1) is 17.8 Å². The number of aliphatic hydroxyl groups excluding tert-OH is 1. The van der Waals surface area contributed by atoms with Crippen molar-refractivity contribution in [3.8, 4) is 5.69 Å². The third-order valence-electron chi connectivity index (χ3n) is 4.14. The van der Waals surface area contributed by atoms with Crippen LogP contribution in [0.25, 0.3) is 10.5 Å². The van der Waals surface area contributed by atoms with Crippen molar-refractivity contribution in [2.45, 2.75) is 31.0 Å². The van der Waals surface area contributed by atoms with Crippen LogP contribution in [0.2, 0.25) is 0 Å². The van der Waals surface area contributed by atoms with Gasteiger partial charge in [-0.25, -0.2) is 18.0 Å². The molecule has 1 atom stereocenters. The molecule has 1 aromatic heterocycles. The molecule has 132 valence electrons. The maximum atomic E-state index is 14.2. The van der Waals surface area contributed by atoms with E-state index < -0.39 is 48.0 Å². The Morgan fingerprint density at radius 1 is 1.28 bits per heavy atom. The summed E-state index contributed by atoms with van der Waals surface area (Å²) in [5, 5.41) is 9.75. The second-order valence-electron chi connectivity index (χ2n) is 5.68. The van der Waals surface area contributed by atoms with Gasteiger partial charge in [-0.2, -0.15) is 13.2 Å². The molecule has 1 aliphatic carbocycles. The van der Waals surface area contributed by atoms with Gasteiger partial charge in [0.2, 0.25) is 0 Å². The number of benzene rings is 1. The molecule has 0 amide bonds. The molecule has 0 saturated carbocycles. The summed E-state index contributed by atoms with van der Waals surface area (Å²) in [6.45, 7) is 6.81. The Labute approximate surface area is 137 Å². The highest BCUT2D eigenvalue weighted by Crippen LogP contribution is 2.48. The van der Waals surface area contributed by atoms with E-state index in [0.29, 0.717) is 6.20 Å². The number of aromatic nitrogens is 1. The van der Waals surface area contributed by atoms with Gasteiger partial charge in [0, 0.05) is 23.9 Å². The summed E-state index contributed by atoms with van der Waals surface area (Å²) in [7, 11) is 0. The van der Waals surface area contributed by atoms with Crippen LogP contribution in [-0.2, 0) is 12.6 Å². The number of alkyl halides is 5. The van der Waals surface area contributed by atoms with Crippen LogP contribution in [0, 0.1) is 12.4 Å². The summed E-state index contributed by atoms with van der Waals surface area (Å²) in [6.07, 6.45) is -8.43. The smallest absolute Gasteiger partial charge is 0.382 e. The Balaban J connectivity index is 2.26. The van der Waals surface area contributed by atoms with Crippen molar-refractivity contribution >= 4 is 5.69 Å². The van der Waals surface area contributed by atoms with Gasteiger partial charge in [-0.15, -0.1) is 0 Å². The quantitative estimate of drug-likeness (QED) is 0.575. The number of fused-ring (bicyclic) bond motifs is 1. The standard InChI is InChI=1S/C16H10F6N2O/c1-23-8-2-3-11(10(17)6-8)24-7-9(16(20,21)22)13-12(24)4-5-15(18,19)14(13)25/h2-3,6-7,14,25H,4-5H2/t14-/m0/s1. The first kappa shape index (κ1) is 17.4. The molecule has 0 bridgehead atoms. The van der Waals surface area contributed by atoms with E-state index in [1.165, 1.54) is 6.07 Å². The average molecular weight is 360 g/mol. The molecule has 0 fully saturated rings. The summed E-state index contributed by atoms with van der Waals surface area (Å²) in [5.74, 6) is -4.67. The molecule has 0 aliphatic heterocycles. The Morgan fingerprint density at radius 2 is 1.96 bits per heavy atom. The molecular formula is C16H10F6N2O. The van der Waals surface area contributed by atoms with E-state index in [4.69, 9.17) is 6.57 Å². The summed E-state index contributed by atoms with van der Waals surface area (Å²) in [4.78, 5) is 3.01. The Kier molecular flexibility index (Phi) is 3.84. The molecule has 9 heteroatoms. The highest BCUT2D eigenvalue weighted by Gasteiger charge is 2.50. The van der Waals surface area contributed by atoms with Crippen LogP contribution in [-0.4, -0.2) is 15.6 Å². The summed E-state index contributed by atoms with van der Waals surface area (Å²) < 4.78 is 82.2. The highest BCUT2D eigenvalue weighted by molar-refractivity contribution is 5.53. The molecule has 1 aromatic carbocycles. The highest BCUT2D eigenvalue weighted by atomic mass is 19.4. The minimum atomic E-state index is -4.99. The molecule has 0 saturated heterocycles. The number of rotatable bonds is 1. The predicted octanol–water partition coefficient (Wildman–Crippen LogP) is 4.80. The monoisotopic (exact) mass is 360 g/mol. The molecule has 3 nitrogen and oxygen atoms in total. The molecule has 0 radical (unpaired) electrons. The van der Waals surface area contributed by atoms with Gasteiger partial charge in [-0.3, -0.25) is 0 Å². The molecule has 3 rings (SSSR count). The lowest BCUT2D eigenvalue weighted by molar-refractivity contribution is -0.147. The third-order valence-corrected chi connectivity index (χ3v) is 4.14. The van der Waals surface area contributed by atoms with Gasteiger partial charge in [0.1, 0.15) is 11.9 Å². The van der Waals surface area contributed by atoms with Gasteiger partial charge in [-0.05, 0) is 18.6 Å². The van der Waals surface area contributed by atoms with E-state index in [1.54, 1.807) is 0 Å². The number of hydrogen-bond donors (Lipinski definition) is 1. The van der Waals surface area contributed by atoms with Gasteiger partial charge in [0.15, 0.2) is 5.69 Å². The molecule has 1 aliphatic rings. The lowest BCUT2D eigenvalue weighted by atomic mass is 9.89. The van der Waals surface area contributed by atoms with E-state index >= 15 is 0 Å². The van der Waals surface area contributed by atoms with Crippen LogP contribution in [0.3, 0.4) is 0 Å². The Morgan fingerprint density at radius 3 is 2.52 bits per heavy atom. The number of nitrogens with zero attached hydrogens (tertiary/aromatic N) is 2. The van der Waals surface area contributed by atoms with Crippen molar-refractivity contribution in [3.05, 3.63) is 58.5 Å². The van der Waals surface area contributed by atoms with E-state index in [1.807, 2.05) is 0 Å². The van der Waals surface area contributed by atoms with Gasteiger partial charge in [-0.1, -0.05) is 6.07 Å². The zero-order chi connectivity index (χ0) is 18.6. The third kappa shape index (κ3) is 2.76. The summed E-state index contributed by atoms with van der Waals surface area (Å²) in [6, 6.07) is 3.15. The van der Waals surface area contributed by atoms with Crippen LogP contribution in [0.1, 0.15) is 29.3 Å². The first-order valence-electron chi connectivity index (χ1n) is 7.11. The molecule has 0 spiro atoms. The second kappa shape index (κ2) is 5.52. The van der Waals surface area contributed by atoms with Crippen molar-refractivity contribution in [2.75, 3.05) is 0 Å². The maximum Gasteiger partial charge on any atom is 0.418 e. The topological polar surface area (TPSA) is 29.5 Å². The fourth-order valence-electron chi connectivity index (χ4n) is 2.96. The summed E-state index contributed by atoms with van der Waals surface area (Å²) in [5.41, 5.74) is -2.94. The first-order valence-corrected chi connectivity index (χ1v) is 7.11. The largest absolute Gasteiger partial charge is 0.418 e. The van der Waals surface area contributed by atoms with Crippen LogP contribution >= 0.6 is 0 Å². The zero-order valence-corrected chi connectivity index (χ0v) is 12.4. The van der Waals surface area contributed by atoms with Gasteiger partial charge < -0.3 is 9.67 Å². The molecule has 0 unspecified atom stereocenters. The van der Waals surface area contributed by atoms with Gasteiger partial charge >= 0.3 is 6.18 Å². The fraction of sp³-hybridized carbons (Fsp3) is 0.312. The molecule has 1 N–H and O–H groups in total. The van der Waals surface area contributed by atoms with E-state index in [9.17, 15) is 31.4 Å². The van der Waals surface area contributed by atoms with E-state index in [-0.39, 0.29) is 17.1 Å². The number of halogens is 6. The number of aliphatic hydroxyl groups is 1. The van der Waals surface area contributed by atoms with Gasteiger partial charge in [0.25, 0.3) is 5.92 Å². The number of hydrogen-bond acceptors (Lipinski definition) is 1. The first-order chi connectivity index (χ1) is 11.6. The molecule has 2 aromatic rings. The molecular weight excluding hydrogens is 350 g/mol. The van der Waals surface area contributed by atoms with Crippen molar-refractivity contribution in [3.63, 3.8) is 0 Å². The van der Waals surface area contributed by atoms with Crippen LogP contribution in [0.15, 0.2) is 24.4 Å². The molecule has 25 heavy (non-hydrogen) atoms. The van der Waals surface area contributed by atoms with E-state index in [0.717, 1.165) is 16.7 Å². The predicted molar refractivity (Wildman–Crippen MR) is 75.2 cm³/mol. The lowest BCUT2D eigenvalue weighted by Crippen LogP contribution is -2.33. The van der Waals surface area contributed by atoms with Crippen molar-refractivity contribution in [1.29, 1.82) is 0 Å². The maximum absolute atomic E-state index is 14.2. The SMILES string of the molecule is [C-]#[N+]c1ccc(-n2cc(C(F)(F)F)c3c2CCC(F)(F)[C@H]3O)c(F)c1. The second-order valence-corrected chi connectivity index (χ2v) is 5.68.